The number of aromatic hydroxyl groups is 1. The highest BCUT2D eigenvalue weighted by Crippen LogP contribution is 2.26. The van der Waals surface area contributed by atoms with Crippen molar-refractivity contribution in [2.75, 3.05) is 7.11 Å². The molecular formula is C19H19N3O3. The molecule has 0 bridgehead atoms. The molecule has 25 heavy (non-hydrogen) atoms. The lowest BCUT2D eigenvalue weighted by molar-refractivity contribution is 0.0945. The first kappa shape index (κ1) is 16.6. The molecule has 1 aromatic heterocycles. The maximum Gasteiger partial charge on any atom is 0.272 e. The van der Waals surface area contributed by atoms with E-state index in [1.807, 2.05) is 37.3 Å². The van der Waals surface area contributed by atoms with Gasteiger partial charge in [0.1, 0.15) is 0 Å². The van der Waals surface area contributed by atoms with Gasteiger partial charge in [0.15, 0.2) is 17.2 Å². The Morgan fingerprint density at radius 2 is 1.96 bits per heavy atom. The van der Waals surface area contributed by atoms with E-state index in [-0.39, 0.29) is 11.7 Å². The molecule has 0 saturated heterocycles. The Hall–Kier alpha value is -3.28. The molecule has 0 aliphatic carbocycles. The van der Waals surface area contributed by atoms with Crippen molar-refractivity contribution < 1.29 is 14.6 Å². The van der Waals surface area contributed by atoms with Crippen LogP contribution >= 0.6 is 0 Å². The van der Waals surface area contributed by atoms with Crippen LogP contribution in [0.4, 0.5) is 0 Å². The third-order valence-electron chi connectivity index (χ3n) is 3.82. The minimum atomic E-state index is -0.259. The van der Waals surface area contributed by atoms with Gasteiger partial charge in [0, 0.05) is 12.2 Å². The van der Waals surface area contributed by atoms with Crippen molar-refractivity contribution in [1.29, 1.82) is 0 Å². The Morgan fingerprint density at radius 3 is 2.68 bits per heavy atom. The van der Waals surface area contributed by atoms with E-state index in [2.05, 4.69) is 10.4 Å². The molecule has 2 aromatic carbocycles. The molecular weight excluding hydrogens is 318 g/mol. The average molecular weight is 337 g/mol. The van der Waals surface area contributed by atoms with Gasteiger partial charge in [-0.05, 0) is 42.8 Å². The van der Waals surface area contributed by atoms with E-state index in [4.69, 9.17) is 4.74 Å². The molecule has 2 N–H and O–H groups in total. The van der Waals surface area contributed by atoms with Crippen molar-refractivity contribution >= 4 is 5.91 Å². The van der Waals surface area contributed by atoms with Crippen LogP contribution in [0.3, 0.4) is 0 Å². The van der Waals surface area contributed by atoms with E-state index in [9.17, 15) is 9.90 Å². The number of carbonyl (C=O) groups is 1. The van der Waals surface area contributed by atoms with Crippen LogP contribution < -0.4 is 10.1 Å². The average Bonchev–Trinajstić information content (AvgIpc) is 3.03. The lowest BCUT2D eigenvalue weighted by Crippen LogP contribution is -2.23. The summed E-state index contributed by atoms with van der Waals surface area (Å²) in [5.41, 5.74) is 2.96. The van der Waals surface area contributed by atoms with E-state index >= 15 is 0 Å². The molecule has 1 amide bonds. The van der Waals surface area contributed by atoms with Crippen molar-refractivity contribution in [1.82, 2.24) is 15.1 Å². The Bertz CT molecular complexity index is 888. The van der Waals surface area contributed by atoms with Gasteiger partial charge in [0.25, 0.3) is 5.91 Å². The number of phenols is 1. The van der Waals surface area contributed by atoms with Crippen molar-refractivity contribution in [3.63, 3.8) is 0 Å². The minimum Gasteiger partial charge on any atom is -0.504 e. The van der Waals surface area contributed by atoms with Gasteiger partial charge in [0.2, 0.25) is 0 Å². The number of methoxy groups -OCH3 is 1. The summed E-state index contributed by atoms with van der Waals surface area (Å²) >= 11 is 0. The predicted molar refractivity (Wildman–Crippen MR) is 94.1 cm³/mol. The second-order valence-corrected chi connectivity index (χ2v) is 5.61. The smallest absolute Gasteiger partial charge is 0.272 e. The summed E-state index contributed by atoms with van der Waals surface area (Å²) in [6.07, 6.45) is 0. The quantitative estimate of drug-likeness (QED) is 0.750. The number of phenolic OH excluding ortho intramolecular Hbond substituents is 1. The zero-order chi connectivity index (χ0) is 17.8. The number of rotatable bonds is 5. The molecule has 0 fully saturated rings. The van der Waals surface area contributed by atoms with Crippen LogP contribution in [0.5, 0.6) is 11.5 Å². The molecule has 0 atom stereocenters. The third kappa shape index (κ3) is 3.63. The minimum absolute atomic E-state index is 0.0646. The van der Waals surface area contributed by atoms with Gasteiger partial charge in [0.05, 0.1) is 12.8 Å². The first-order valence-electron chi connectivity index (χ1n) is 7.84. The summed E-state index contributed by atoms with van der Waals surface area (Å²) in [6, 6.07) is 16.4. The Kier molecular flexibility index (Phi) is 4.70. The third-order valence-corrected chi connectivity index (χ3v) is 3.82. The Morgan fingerprint density at radius 1 is 1.20 bits per heavy atom. The molecule has 0 radical (unpaired) electrons. The molecule has 0 unspecified atom stereocenters. The maximum atomic E-state index is 12.4. The van der Waals surface area contributed by atoms with Crippen LogP contribution in [0.2, 0.25) is 0 Å². The van der Waals surface area contributed by atoms with E-state index in [1.54, 1.807) is 22.9 Å². The van der Waals surface area contributed by atoms with Gasteiger partial charge in [-0.25, -0.2) is 4.68 Å². The van der Waals surface area contributed by atoms with E-state index < -0.39 is 0 Å². The largest absolute Gasteiger partial charge is 0.504 e. The molecule has 3 aromatic rings. The highest BCUT2D eigenvalue weighted by molar-refractivity contribution is 5.92. The van der Waals surface area contributed by atoms with Gasteiger partial charge < -0.3 is 15.2 Å². The van der Waals surface area contributed by atoms with Crippen molar-refractivity contribution in [3.05, 3.63) is 71.5 Å². The highest BCUT2D eigenvalue weighted by atomic mass is 16.5. The van der Waals surface area contributed by atoms with Gasteiger partial charge in [-0.2, -0.15) is 5.10 Å². The van der Waals surface area contributed by atoms with E-state index in [1.165, 1.54) is 13.2 Å². The summed E-state index contributed by atoms with van der Waals surface area (Å²) in [7, 11) is 1.48. The zero-order valence-corrected chi connectivity index (χ0v) is 14.1. The first-order valence-corrected chi connectivity index (χ1v) is 7.84. The number of ether oxygens (including phenoxy) is 1. The summed E-state index contributed by atoms with van der Waals surface area (Å²) in [5, 5.41) is 16.8. The summed E-state index contributed by atoms with van der Waals surface area (Å²) in [4.78, 5) is 12.4. The molecule has 1 heterocycles. The van der Waals surface area contributed by atoms with Crippen LogP contribution in [0.15, 0.2) is 54.6 Å². The van der Waals surface area contributed by atoms with E-state index in [0.717, 1.165) is 16.9 Å². The molecule has 0 saturated carbocycles. The molecule has 0 aliphatic heterocycles. The van der Waals surface area contributed by atoms with Crippen LogP contribution in [0, 0.1) is 6.92 Å². The number of nitrogens with one attached hydrogen (secondary N) is 1. The zero-order valence-electron chi connectivity index (χ0n) is 14.1. The van der Waals surface area contributed by atoms with Gasteiger partial charge in [-0.15, -0.1) is 0 Å². The molecule has 6 nitrogen and oxygen atoms in total. The van der Waals surface area contributed by atoms with Crippen LogP contribution in [-0.2, 0) is 6.54 Å². The van der Waals surface area contributed by atoms with Crippen molar-refractivity contribution in [2.24, 2.45) is 0 Å². The second kappa shape index (κ2) is 7.09. The number of benzene rings is 2. The summed E-state index contributed by atoms with van der Waals surface area (Å²) < 4.78 is 6.80. The lowest BCUT2D eigenvalue weighted by atomic mass is 10.2. The van der Waals surface area contributed by atoms with Crippen molar-refractivity contribution in [2.45, 2.75) is 13.5 Å². The van der Waals surface area contributed by atoms with Gasteiger partial charge in [-0.1, -0.05) is 24.3 Å². The Labute approximate surface area is 145 Å². The monoisotopic (exact) mass is 337 g/mol. The number of hydrogen-bond acceptors (Lipinski definition) is 4. The molecule has 0 spiro atoms. The summed E-state index contributed by atoms with van der Waals surface area (Å²) in [5.74, 6) is 0.176. The SMILES string of the molecule is COc1cc(CNC(=O)c2cc(C)n(-c3ccccc3)n2)ccc1O. The van der Waals surface area contributed by atoms with Gasteiger partial charge >= 0.3 is 0 Å². The van der Waals surface area contributed by atoms with Crippen LogP contribution in [-0.4, -0.2) is 27.9 Å². The molecule has 3 rings (SSSR count). The van der Waals surface area contributed by atoms with E-state index in [0.29, 0.717) is 18.0 Å². The standard InChI is InChI=1S/C19H19N3O3/c1-13-10-16(21-22(13)15-6-4-3-5-7-15)19(24)20-12-14-8-9-17(23)18(11-14)25-2/h3-11,23H,12H2,1-2H3,(H,20,24). The topological polar surface area (TPSA) is 76.4 Å². The van der Waals surface area contributed by atoms with Crippen molar-refractivity contribution in [3.8, 4) is 17.2 Å². The lowest BCUT2D eigenvalue weighted by Gasteiger charge is -2.07. The van der Waals surface area contributed by atoms with Crippen LogP contribution in [0.1, 0.15) is 21.7 Å². The van der Waals surface area contributed by atoms with Crippen LogP contribution in [0.25, 0.3) is 5.69 Å². The number of carbonyl (C=O) groups excluding carboxylic acids is 1. The highest BCUT2D eigenvalue weighted by Gasteiger charge is 2.13. The molecule has 0 aliphatic rings. The number of nitrogens with zero attached hydrogens (tertiary/aromatic N) is 2. The normalized spacial score (nSPS) is 10.5. The molecule has 128 valence electrons. The second-order valence-electron chi connectivity index (χ2n) is 5.61. The maximum absolute atomic E-state index is 12.4. The number of amides is 1. The number of aromatic nitrogens is 2. The Balaban J connectivity index is 1.72. The predicted octanol–water partition coefficient (Wildman–Crippen LogP) is 2.82. The fraction of sp³-hybridized carbons (Fsp3) is 0.158. The number of aryl methyl sites for hydroxylation is 1. The number of hydrogen-bond donors (Lipinski definition) is 2. The fourth-order valence-corrected chi connectivity index (χ4v) is 2.52. The first-order chi connectivity index (χ1) is 12.1. The summed E-state index contributed by atoms with van der Waals surface area (Å²) in [6.45, 7) is 2.22. The fourth-order valence-electron chi connectivity index (χ4n) is 2.52. The van der Waals surface area contributed by atoms with Gasteiger partial charge in [-0.3, -0.25) is 4.79 Å². The molecule has 6 heteroatoms. The number of para-hydroxylation sites is 1.